The summed E-state index contributed by atoms with van der Waals surface area (Å²) in [6.07, 6.45) is 5.17. The zero-order valence-corrected chi connectivity index (χ0v) is 7.14. The van der Waals surface area contributed by atoms with Gasteiger partial charge in [0.15, 0.2) is 0 Å². The fraction of sp³-hybridized carbons (Fsp3) is 0.714. The van der Waals surface area contributed by atoms with E-state index in [1.807, 2.05) is 0 Å². The van der Waals surface area contributed by atoms with E-state index in [1.54, 1.807) is 0 Å². The first-order valence-corrected chi connectivity index (χ1v) is 5.34. The minimum absolute atomic E-state index is 0.297. The van der Waals surface area contributed by atoms with Crippen molar-refractivity contribution >= 4 is 20.5 Å². The summed E-state index contributed by atoms with van der Waals surface area (Å²) in [6.45, 7) is 2.07. The fourth-order valence-corrected chi connectivity index (χ4v) is 2.35. The standard InChI is InChI=1S/C7H13O2P/c1-2-5-10(6-3-8)7-4-9/h3-4H,2,5-7H2,1H3. The molecule has 0 aromatic carbocycles. The number of carbonyl (C=O) groups excluding carboxylic acids is 2. The van der Waals surface area contributed by atoms with Crippen LogP contribution in [0, 0.1) is 0 Å². The molecule has 0 aromatic heterocycles. The van der Waals surface area contributed by atoms with E-state index < -0.39 is 0 Å². The van der Waals surface area contributed by atoms with Gasteiger partial charge in [0, 0.05) is 12.3 Å². The van der Waals surface area contributed by atoms with Gasteiger partial charge in [0.2, 0.25) is 0 Å². The van der Waals surface area contributed by atoms with Gasteiger partial charge in [-0.1, -0.05) is 21.3 Å². The second-order valence-electron chi connectivity index (χ2n) is 2.09. The van der Waals surface area contributed by atoms with Gasteiger partial charge in [-0.25, -0.2) is 0 Å². The van der Waals surface area contributed by atoms with Crippen LogP contribution in [0.2, 0.25) is 0 Å². The van der Waals surface area contributed by atoms with Crippen LogP contribution in [-0.2, 0) is 9.59 Å². The van der Waals surface area contributed by atoms with Crippen molar-refractivity contribution < 1.29 is 9.59 Å². The maximum Gasteiger partial charge on any atom is 0.124 e. The molecule has 0 radical (unpaired) electrons. The molecule has 0 aliphatic heterocycles. The van der Waals surface area contributed by atoms with Gasteiger partial charge in [0.25, 0.3) is 0 Å². The maximum atomic E-state index is 10.1. The molecule has 0 aliphatic carbocycles. The van der Waals surface area contributed by atoms with Crippen LogP contribution in [0.3, 0.4) is 0 Å². The Morgan fingerprint density at radius 2 is 1.70 bits per heavy atom. The zero-order chi connectivity index (χ0) is 7.82. The molecular formula is C7H13O2P. The highest BCUT2D eigenvalue weighted by Gasteiger charge is 2.03. The molecule has 0 heterocycles. The Morgan fingerprint density at radius 3 is 2.00 bits per heavy atom. The lowest BCUT2D eigenvalue weighted by molar-refractivity contribution is -0.106. The lowest BCUT2D eigenvalue weighted by Crippen LogP contribution is -1.95. The Kier molecular flexibility index (Phi) is 6.73. The largest absolute Gasteiger partial charge is 0.303 e. The first-order chi connectivity index (χ1) is 4.85. The van der Waals surface area contributed by atoms with Gasteiger partial charge in [-0.2, -0.15) is 0 Å². The molecule has 0 fully saturated rings. The second kappa shape index (κ2) is 6.88. The van der Waals surface area contributed by atoms with E-state index in [1.165, 1.54) is 0 Å². The van der Waals surface area contributed by atoms with Gasteiger partial charge in [-0.05, 0) is 6.16 Å². The topological polar surface area (TPSA) is 34.1 Å². The third-order valence-corrected chi connectivity index (χ3v) is 3.62. The highest BCUT2D eigenvalue weighted by molar-refractivity contribution is 7.59. The SMILES string of the molecule is CCCP(CC=O)CC=O. The first kappa shape index (κ1) is 9.77. The fourth-order valence-electron chi connectivity index (χ4n) is 0.784. The van der Waals surface area contributed by atoms with E-state index in [-0.39, 0.29) is 7.92 Å². The van der Waals surface area contributed by atoms with Crippen molar-refractivity contribution in [2.75, 3.05) is 18.5 Å². The summed E-state index contributed by atoms with van der Waals surface area (Å²) in [7, 11) is -0.297. The van der Waals surface area contributed by atoms with Gasteiger partial charge in [-0.3, -0.25) is 0 Å². The molecule has 0 bridgehead atoms. The van der Waals surface area contributed by atoms with Crippen LogP contribution in [-0.4, -0.2) is 31.1 Å². The van der Waals surface area contributed by atoms with Crippen molar-refractivity contribution in [1.29, 1.82) is 0 Å². The van der Waals surface area contributed by atoms with Crippen LogP contribution in [0.1, 0.15) is 13.3 Å². The molecule has 2 nitrogen and oxygen atoms in total. The molecule has 3 heteroatoms. The number of rotatable bonds is 6. The maximum absolute atomic E-state index is 10.1. The molecule has 0 amide bonds. The molecule has 0 unspecified atom stereocenters. The molecule has 10 heavy (non-hydrogen) atoms. The van der Waals surface area contributed by atoms with Gasteiger partial charge < -0.3 is 9.59 Å². The minimum atomic E-state index is -0.297. The summed E-state index contributed by atoms with van der Waals surface area (Å²) >= 11 is 0. The third kappa shape index (κ3) is 4.63. The van der Waals surface area contributed by atoms with E-state index in [4.69, 9.17) is 0 Å². The highest BCUT2D eigenvalue weighted by atomic mass is 31.1. The van der Waals surface area contributed by atoms with Crippen LogP contribution >= 0.6 is 7.92 Å². The van der Waals surface area contributed by atoms with Gasteiger partial charge >= 0.3 is 0 Å². The molecule has 0 N–H and O–H groups in total. The minimum Gasteiger partial charge on any atom is -0.303 e. The van der Waals surface area contributed by atoms with E-state index in [0.29, 0.717) is 12.3 Å². The summed E-state index contributed by atoms with van der Waals surface area (Å²) in [4.78, 5) is 20.1. The van der Waals surface area contributed by atoms with E-state index >= 15 is 0 Å². The van der Waals surface area contributed by atoms with Crippen LogP contribution < -0.4 is 0 Å². The average molecular weight is 160 g/mol. The Hall–Kier alpha value is -0.230. The van der Waals surface area contributed by atoms with Gasteiger partial charge in [0.1, 0.15) is 12.6 Å². The molecule has 0 aromatic rings. The van der Waals surface area contributed by atoms with Crippen molar-refractivity contribution in [2.45, 2.75) is 13.3 Å². The summed E-state index contributed by atoms with van der Waals surface area (Å²) in [5.41, 5.74) is 0. The van der Waals surface area contributed by atoms with E-state index in [2.05, 4.69) is 6.92 Å². The molecule has 0 saturated heterocycles. The number of aldehydes is 2. The lowest BCUT2D eigenvalue weighted by Gasteiger charge is -2.08. The predicted octanol–water partition coefficient (Wildman–Crippen LogP) is 1.28. The zero-order valence-electron chi connectivity index (χ0n) is 6.25. The molecule has 0 atom stereocenters. The number of hydrogen-bond acceptors (Lipinski definition) is 2. The van der Waals surface area contributed by atoms with Crippen molar-refractivity contribution in [2.24, 2.45) is 0 Å². The van der Waals surface area contributed by atoms with Crippen molar-refractivity contribution in [3.8, 4) is 0 Å². The monoisotopic (exact) mass is 160 g/mol. The number of carbonyl (C=O) groups is 2. The second-order valence-corrected chi connectivity index (χ2v) is 4.61. The smallest absolute Gasteiger partial charge is 0.124 e. The van der Waals surface area contributed by atoms with Crippen LogP contribution in [0.25, 0.3) is 0 Å². The lowest BCUT2D eigenvalue weighted by atomic mass is 10.6. The Bertz CT molecular complexity index is 93.8. The Balaban J connectivity index is 3.48. The molecule has 0 spiro atoms. The summed E-state index contributed by atoms with van der Waals surface area (Å²) in [6, 6.07) is 0. The van der Waals surface area contributed by atoms with Crippen molar-refractivity contribution in [3.63, 3.8) is 0 Å². The van der Waals surface area contributed by atoms with Gasteiger partial charge in [-0.15, -0.1) is 0 Å². The Morgan fingerprint density at radius 1 is 1.20 bits per heavy atom. The van der Waals surface area contributed by atoms with Gasteiger partial charge in [0.05, 0.1) is 0 Å². The summed E-state index contributed by atoms with van der Waals surface area (Å²) < 4.78 is 0. The Labute approximate surface area is 62.8 Å². The number of hydrogen-bond donors (Lipinski definition) is 0. The average Bonchev–Trinajstić information content (AvgIpc) is 1.90. The predicted molar refractivity (Wildman–Crippen MR) is 43.9 cm³/mol. The van der Waals surface area contributed by atoms with Crippen LogP contribution in [0.15, 0.2) is 0 Å². The molecular weight excluding hydrogens is 147 g/mol. The molecule has 0 rings (SSSR count). The highest BCUT2D eigenvalue weighted by Crippen LogP contribution is 2.33. The quantitative estimate of drug-likeness (QED) is 0.433. The van der Waals surface area contributed by atoms with Crippen LogP contribution in [0.4, 0.5) is 0 Å². The molecule has 0 aliphatic rings. The van der Waals surface area contributed by atoms with Crippen LogP contribution in [0.5, 0.6) is 0 Å². The van der Waals surface area contributed by atoms with Crippen molar-refractivity contribution in [3.05, 3.63) is 0 Å². The van der Waals surface area contributed by atoms with E-state index in [0.717, 1.165) is 25.2 Å². The molecule has 58 valence electrons. The van der Waals surface area contributed by atoms with Crippen molar-refractivity contribution in [1.82, 2.24) is 0 Å². The molecule has 0 saturated carbocycles. The summed E-state index contributed by atoms with van der Waals surface area (Å²) in [5, 5.41) is 0. The third-order valence-electron chi connectivity index (χ3n) is 1.21. The first-order valence-electron chi connectivity index (χ1n) is 3.44. The normalized spacial score (nSPS) is 9.80. The van der Waals surface area contributed by atoms with E-state index in [9.17, 15) is 9.59 Å². The summed E-state index contributed by atoms with van der Waals surface area (Å²) in [5.74, 6) is 0.